The predicted octanol–water partition coefficient (Wildman–Crippen LogP) is 1.81. The molecule has 0 saturated heterocycles. The molecule has 2 aromatic heterocycles. The van der Waals surface area contributed by atoms with E-state index in [0.717, 1.165) is 22.2 Å². The van der Waals surface area contributed by atoms with Crippen LogP contribution in [0.25, 0.3) is 10.9 Å². The summed E-state index contributed by atoms with van der Waals surface area (Å²) in [5.74, 6) is -0.247. The van der Waals surface area contributed by atoms with Crippen molar-refractivity contribution in [2.75, 3.05) is 33.9 Å². The standard InChI is InChI=1S/C20H23N5O3/c1-24(9-10-28-2)20(27)18-14-12-25(8-7-16(14)22-23-18)19(26)17-11-13-5-3-4-6-15(13)21-17/h3-6,11,21H,7-10,12H2,1-2H3,(H,22,23). The molecule has 3 heterocycles. The summed E-state index contributed by atoms with van der Waals surface area (Å²) in [5, 5.41) is 8.19. The summed E-state index contributed by atoms with van der Waals surface area (Å²) in [6.07, 6.45) is 0.642. The van der Waals surface area contributed by atoms with Crippen molar-refractivity contribution in [3.8, 4) is 0 Å². The summed E-state index contributed by atoms with van der Waals surface area (Å²) in [5.41, 5.74) is 3.58. The Morgan fingerprint density at radius 2 is 2.14 bits per heavy atom. The zero-order valence-electron chi connectivity index (χ0n) is 16.0. The Hall–Kier alpha value is -3.13. The maximum Gasteiger partial charge on any atom is 0.274 e. The monoisotopic (exact) mass is 381 g/mol. The van der Waals surface area contributed by atoms with E-state index in [9.17, 15) is 9.59 Å². The molecule has 3 aromatic rings. The number of carbonyl (C=O) groups is 2. The summed E-state index contributed by atoms with van der Waals surface area (Å²) in [7, 11) is 3.32. The van der Waals surface area contributed by atoms with Gasteiger partial charge >= 0.3 is 0 Å². The fourth-order valence-electron chi connectivity index (χ4n) is 3.51. The van der Waals surface area contributed by atoms with E-state index < -0.39 is 0 Å². The number of nitrogens with zero attached hydrogens (tertiary/aromatic N) is 3. The number of methoxy groups -OCH3 is 1. The Bertz CT molecular complexity index is 989. The van der Waals surface area contributed by atoms with E-state index in [1.54, 1.807) is 24.0 Å². The Kier molecular flexibility index (Phi) is 4.87. The van der Waals surface area contributed by atoms with Crippen LogP contribution in [-0.2, 0) is 17.7 Å². The lowest BCUT2D eigenvalue weighted by Gasteiger charge is -2.27. The van der Waals surface area contributed by atoms with Gasteiger partial charge < -0.3 is 19.5 Å². The number of likely N-dealkylation sites (N-methyl/N-ethyl adjacent to an activating group) is 1. The normalized spacial score (nSPS) is 13.6. The molecule has 8 nitrogen and oxygen atoms in total. The number of benzene rings is 1. The first-order valence-electron chi connectivity index (χ1n) is 9.26. The van der Waals surface area contributed by atoms with Gasteiger partial charge in [0.2, 0.25) is 0 Å². The van der Waals surface area contributed by atoms with Gasteiger partial charge in [-0.25, -0.2) is 0 Å². The number of rotatable bonds is 5. The highest BCUT2D eigenvalue weighted by atomic mass is 16.5. The Morgan fingerprint density at radius 1 is 1.32 bits per heavy atom. The van der Waals surface area contributed by atoms with Crippen molar-refractivity contribution in [1.29, 1.82) is 0 Å². The summed E-state index contributed by atoms with van der Waals surface area (Å²) in [4.78, 5) is 32.3. The molecule has 8 heteroatoms. The van der Waals surface area contributed by atoms with Gasteiger partial charge in [-0.3, -0.25) is 14.7 Å². The summed E-state index contributed by atoms with van der Waals surface area (Å²) < 4.78 is 5.04. The SMILES string of the molecule is COCCN(C)C(=O)c1n[nH]c2c1CN(C(=O)c1cc3ccccc3[nH]1)CC2. The van der Waals surface area contributed by atoms with Crippen molar-refractivity contribution in [2.24, 2.45) is 0 Å². The van der Waals surface area contributed by atoms with Crippen molar-refractivity contribution in [3.05, 3.63) is 53.0 Å². The van der Waals surface area contributed by atoms with E-state index in [1.807, 2.05) is 30.3 Å². The molecule has 0 spiro atoms. The average Bonchev–Trinajstić information content (AvgIpc) is 3.34. The fourth-order valence-corrected chi connectivity index (χ4v) is 3.51. The van der Waals surface area contributed by atoms with E-state index in [1.165, 1.54) is 0 Å². The summed E-state index contributed by atoms with van der Waals surface area (Å²) >= 11 is 0. The third-order valence-electron chi connectivity index (χ3n) is 5.16. The molecule has 0 unspecified atom stereocenters. The number of hydrogen-bond donors (Lipinski definition) is 2. The number of fused-ring (bicyclic) bond motifs is 2. The predicted molar refractivity (Wildman–Crippen MR) is 104 cm³/mol. The third-order valence-corrected chi connectivity index (χ3v) is 5.16. The van der Waals surface area contributed by atoms with Gasteiger partial charge in [-0.15, -0.1) is 0 Å². The topological polar surface area (TPSA) is 94.3 Å². The number of hydrogen-bond acceptors (Lipinski definition) is 4. The Morgan fingerprint density at radius 3 is 2.93 bits per heavy atom. The molecule has 1 aromatic carbocycles. The van der Waals surface area contributed by atoms with Crippen LogP contribution in [0.1, 0.15) is 32.2 Å². The molecule has 1 aliphatic rings. The van der Waals surface area contributed by atoms with E-state index in [-0.39, 0.29) is 11.8 Å². The molecule has 0 radical (unpaired) electrons. The van der Waals surface area contributed by atoms with Gasteiger partial charge in [-0.05, 0) is 12.1 Å². The number of ether oxygens (including phenoxy) is 1. The lowest BCUT2D eigenvalue weighted by atomic mass is 10.0. The lowest BCUT2D eigenvalue weighted by molar-refractivity contribution is 0.0707. The van der Waals surface area contributed by atoms with Gasteiger partial charge in [0.05, 0.1) is 13.2 Å². The van der Waals surface area contributed by atoms with Gasteiger partial charge in [0.1, 0.15) is 5.69 Å². The van der Waals surface area contributed by atoms with Gasteiger partial charge in [-0.1, -0.05) is 18.2 Å². The minimum absolute atomic E-state index is 0.0748. The van der Waals surface area contributed by atoms with Crippen molar-refractivity contribution < 1.29 is 14.3 Å². The number of amides is 2. The minimum Gasteiger partial charge on any atom is -0.383 e. The van der Waals surface area contributed by atoms with Crippen LogP contribution in [0.2, 0.25) is 0 Å². The molecule has 0 fully saturated rings. The van der Waals surface area contributed by atoms with E-state index in [2.05, 4.69) is 15.2 Å². The molecular formula is C20H23N5O3. The van der Waals surface area contributed by atoms with Crippen LogP contribution < -0.4 is 0 Å². The number of H-pyrrole nitrogens is 2. The van der Waals surface area contributed by atoms with E-state index in [0.29, 0.717) is 44.0 Å². The second kappa shape index (κ2) is 7.47. The molecule has 2 N–H and O–H groups in total. The van der Waals surface area contributed by atoms with E-state index >= 15 is 0 Å². The lowest BCUT2D eigenvalue weighted by Crippen LogP contribution is -2.37. The Balaban J connectivity index is 1.55. The number of nitrogens with one attached hydrogen (secondary N) is 2. The molecule has 0 atom stereocenters. The molecule has 4 rings (SSSR count). The number of carbonyl (C=O) groups excluding carboxylic acids is 2. The quantitative estimate of drug-likeness (QED) is 0.705. The highest BCUT2D eigenvalue weighted by Gasteiger charge is 2.29. The van der Waals surface area contributed by atoms with Gasteiger partial charge in [0, 0.05) is 55.8 Å². The van der Waals surface area contributed by atoms with Crippen molar-refractivity contribution >= 4 is 22.7 Å². The zero-order chi connectivity index (χ0) is 19.7. The minimum atomic E-state index is -0.172. The van der Waals surface area contributed by atoms with Gasteiger partial charge in [-0.2, -0.15) is 5.10 Å². The number of aromatic amines is 2. The molecule has 0 saturated carbocycles. The molecule has 146 valence electrons. The Labute approximate surface area is 162 Å². The molecular weight excluding hydrogens is 358 g/mol. The van der Waals surface area contributed by atoms with Crippen LogP contribution in [-0.4, -0.2) is 70.6 Å². The third kappa shape index (κ3) is 3.27. The van der Waals surface area contributed by atoms with Crippen molar-refractivity contribution in [1.82, 2.24) is 25.0 Å². The highest BCUT2D eigenvalue weighted by Crippen LogP contribution is 2.24. The van der Waals surface area contributed by atoms with E-state index in [4.69, 9.17) is 4.74 Å². The fraction of sp³-hybridized carbons (Fsp3) is 0.350. The van der Waals surface area contributed by atoms with Crippen LogP contribution in [0.15, 0.2) is 30.3 Å². The van der Waals surface area contributed by atoms with Crippen LogP contribution in [0.3, 0.4) is 0 Å². The van der Waals surface area contributed by atoms with Crippen LogP contribution in [0.5, 0.6) is 0 Å². The first-order chi connectivity index (χ1) is 13.6. The summed E-state index contributed by atoms with van der Waals surface area (Å²) in [6, 6.07) is 9.67. The second-order valence-electron chi connectivity index (χ2n) is 7.00. The molecule has 0 bridgehead atoms. The first-order valence-corrected chi connectivity index (χ1v) is 9.26. The molecule has 1 aliphatic heterocycles. The maximum atomic E-state index is 13.0. The average molecular weight is 381 g/mol. The smallest absolute Gasteiger partial charge is 0.274 e. The highest BCUT2D eigenvalue weighted by molar-refractivity contribution is 5.98. The van der Waals surface area contributed by atoms with Crippen LogP contribution >= 0.6 is 0 Å². The number of aromatic nitrogens is 3. The number of para-hydroxylation sites is 1. The zero-order valence-corrected chi connectivity index (χ0v) is 16.0. The van der Waals surface area contributed by atoms with Crippen LogP contribution in [0.4, 0.5) is 0 Å². The van der Waals surface area contributed by atoms with Crippen molar-refractivity contribution in [3.63, 3.8) is 0 Å². The largest absolute Gasteiger partial charge is 0.383 e. The van der Waals surface area contributed by atoms with Gasteiger partial charge in [0.15, 0.2) is 5.69 Å². The van der Waals surface area contributed by atoms with Crippen LogP contribution in [0, 0.1) is 0 Å². The molecule has 0 aliphatic carbocycles. The molecule has 28 heavy (non-hydrogen) atoms. The van der Waals surface area contributed by atoms with Gasteiger partial charge in [0.25, 0.3) is 11.8 Å². The second-order valence-corrected chi connectivity index (χ2v) is 7.00. The summed E-state index contributed by atoms with van der Waals surface area (Å²) in [6.45, 7) is 1.88. The van der Waals surface area contributed by atoms with Crippen molar-refractivity contribution in [2.45, 2.75) is 13.0 Å². The molecule has 2 amide bonds. The first kappa shape index (κ1) is 18.2. The maximum absolute atomic E-state index is 13.0.